The Kier molecular flexibility index (Phi) is 7.18. The molecule has 1 atom stereocenters. The van der Waals surface area contributed by atoms with E-state index in [0.29, 0.717) is 11.3 Å². The number of sulfone groups is 1. The van der Waals surface area contributed by atoms with Crippen LogP contribution in [0.4, 0.5) is 5.82 Å². The highest BCUT2D eigenvalue weighted by molar-refractivity contribution is 7.91. The zero-order valence-corrected chi connectivity index (χ0v) is 22.9. The molecule has 2 aliphatic heterocycles. The van der Waals surface area contributed by atoms with Gasteiger partial charge in [0, 0.05) is 37.3 Å². The molecule has 1 N–H and O–H groups in total. The van der Waals surface area contributed by atoms with E-state index in [-0.39, 0.29) is 48.0 Å². The van der Waals surface area contributed by atoms with Crippen molar-refractivity contribution in [1.29, 1.82) is 0 Å². The predicted octanol–water partition coefficient (Wildman–Crippen LogP) is 3.15. The van der Waals surface area contributed by atoms with Gasteiger partial charge in [-0.2, -0.15) is 0 Å². The highest BCUT2D eigenvalue weighted by Gasteiger charge is 2.24. The first-order valence-corrected chi connectivity index (χ1v) is 14.8. The number of pyridine rings is 3. The number of ether oxygens (including phenoxy) is 2. The zero-order valence-electron chi connectivity index (χ0n) is 22.0. The van der Waals surface area contributed by atoms with Crippen LogP contribution in [0.2, 0.25) is 0 Å². The lowest BCUT2D eigenvalue weighted by molar-refractivity contribution is -0.0440. The van der Waals surface area contributed by atoms with Crippen molar-refractivity contribution in [1.82, 2.24) is 20.3 Å². The zero-order chi connectivity index (χ0) is 27.7. The summed E-state index contributed by atoms with van der Waals surface area (Å²) in [7, 11) is -1.50. The van der Waals surface area contributed by atoms with Crippen LogP contribution in [-0.4, -0.2) is 67.9 Å². The van der Waals surface area contributed by atoms with Crippen LogP contribution in [0, 0.1) is 0 Å². The Morgan fingerprint density at radius 2 is 1.93 bits per heavy atom. The maximum absolute atomic E-state index is 12.9. The van der Waals surface area contributed by atoms with Gasteiger partial charge in [0.25, 0.3) is 5.91 Å². The van der Waals surface area contributed by atoms with E-state index in [1.807, 2.05) is 43.4 Å². The average Bonchev–Trinajstić information content (AvgIpc) is 3.10. The fourth-order valence-electron chi connectivity index (χ4n) is 4.74. The first-order chi connectivity index (χ1) is 19.4. The van der Waals surface area contributed by atoms with Crippen molar-refractivity contribution < 1.29 is 22.7 Å². The van der Waals surface area contributed by atoms with E-state index in [9.17, 15) is 13.2 Å². The molecule has 11 heteroatoms. The smallest absolute Gasteiger partial charge is 0.251 e. The van der Waals surface area contributed by atoms with Crippen molar-refractivity contribution in [2.45, 2.75) is 30.6 Å². The molecule has 0 unspecified atom stereocenters. The number of hydrogen-bond donors (Lipinski definition) is 1. The molecular weight excluding hydrogens is 530 g/mol. The van der Waals surface area contributed by atoms with E-state index in [0.717, 1.165) is 47.7 Å². The SMILES string of the molecule is CN(C[C@@H]1CCO1)c1cccc(-c2ccc3cnc(CNC(=O)c4ccc5c(c4)S(=O)(=O)CCOC5)cc3n2)n1. The summed E-state index contributed by atoms with van der Waals surface area (Å²) >= 11 is 0. The first kappa shape index (κ1) is 26.3. The van der Waals surface area contributed by atoms with E-state index in [1.165, 1.54) is 6.07 Å². The van der Waals surface area contributed by atoms with Crippen LogP contribution in [-0.2, 0) is 32.5 Å². The topological polar surface area (TPSA) is 124 Å². The lowest BCUT2D eigenvalue weighted by Crippen LogP contribution is -2.38. The number of nitrogens with one attached hydrogen (secondary N) is 1. The maximum atomic E-state index is 12.9. The number of fused-ring (bicyclic) bond motifs is 2. The van der Waals surface area contributed by atoms with Gasteiger partial charge in [-0.05, 0) is 54.4 Å². The summed E-state index contributed by atoms with van der Waals surface area (Å²) in [6.07, 6.45) is 3.04. The van der Waals surface area contributed by atoms with Crippen LogP contribution in [0.3, 0.4) is 0 Å². The Bertz CT molecular complexity index is 1690. The molecule has 1 amide bonds. The molecule has 2 aliphatic rings. The van der Waals surface area contributed by atoms with Crippen molar-refractivity contribution in [3.63, 3.8) is 0 Å². The van der Waals surface area contributed by atoms with Crippen molar-refractivity contribution >= 4 is 32.5 Å². The van der Waals surface area contributed by atoms with Gasteiger partial charge in [-0.1, -0.05) is 12.1 Å². The molecule has 1 fully saturated rings. The molecule has 0 radical (unpaired) electrons. The van der Waals surface area contributed by atoms with E-state index < -0.39 is 9.84 Å². The van der Waals surface area contributed by atoms with Crippen molar-refractivity contribution in [2.24, 2.45) is 0 Å². The van der Waals surface area contributed by atoms with Gasteiger partial charge in [0.15, 0.2) is 9.84 Å². The molecule has 0 spiro atoms. The third kappa shape index (κ3) is 5.53. The number of amides is 1. The van der Waals surface area contributed by atoms with Crippen molar-refractivity contribution in [3.8, 4) is 11.4 Å². The highest BCUT2D eigenvalue weighted by atomic mass is 32.2. The summed E-state index contributed by atoms with van der Waals surface area (Å²) in [5, 5.41) is 3.71. The number of carbonyl (C=O) groups is 1. The Labute approximate surface area is 232 Å². The van der Waals surface area contributed by atoms with E-state index in [2.05, 4.69) is 15.2 Å². The number of benzene rings is 1. The third-order valence-electron chi connectivity index (χ3n) is 7.14. The van der Waals surface area contributed by atoms with Gasteiger partial charge in [-0.15, -0.1) is 0 Å². The molecule has 1 saturated heterocycles. The Balaban J connectivity index is 1.18. The number of anilines is 1. The minimum absolute atomic E-state index is 0.104. The van der Waals surface area contributed by atoms with Gasteiger partial charge in [-0.25, -0.2) is 18.4 Å². The summed E-state index contributed by atoms with van der Waals surface area (Å²) in [5.41, 5.74) is 3.69. The first-order valence-electron chi connectivity index (χ1n) is 13.1. The van der Waals surface area contributed by atoms with Crippen LogP contribution < -0.4 is 10.2 Å². The molecular formula is C29H29N5O5S. The van der Waals surface area contributed by atoms with Gasteiger partial charge < -0.3 is 19.7 Å². The number of carbonyl (C=O) groups excluding carboxylic acids is 1. The molecule has 40 heavy (non-hydrogen) atoms. The van der Waals surface area contributed by atoms with Gasteiger partial charge in [0.2, 0.25) is 0 Å². The van der Waals surface area contributed by atoms with Crippen LogP contribution in [0.15, 0.2) is 65.7 Å². The van der Waals surface area contributed by atoms with Crippen LogP contribution in [0.5, 0.6) is 0 Å². The van der Waals surface area contributed by atoms with Gasteiger partial charge in [-0.3, -0.25) is 9.78 Å². The predicted molar refractivity (Wildman–Crippen MR) is 150 cm³/mol. The summed E-state index contributed by atoms with van der Waals surface area (Å²) < 4.78 is 36.1. The maximum Gasteiger partial charge on any atom is 0.251 e. The van der Waals surface area contributed by atoms with Crippen molar-refractivity contribution in [3.05, 3.63) is 77.6 Å². The van der Waals surface area contributed by atoms with E-state index in [4.69, 9.17) is 19.4 Å². The number of aromatic nitrogens is 3. The number of hydrogen-bond acceptors (Lipinski definition) is 9. The van der Waals surface area contributed by atoms with Crippen LogP contribution in [0.1, 0.15) is 28.0 Å². The summed E-state index contributed by atoms with van der Waals surface area (Å²) in [6, 6.07) is 16.2. The molecule has 1 aromatic carbocycles. The largest absolute Gasteiger partial charge is 0.376 e. The van der Waals surface area contributed by atoms with Crippen LogP contribution in [0.25, 0.3) is 22.3 Å². The minimum atomic E-state index is -3.50. The quantitative estimate of drug-likeness (QED) is 0.364. The average molecular weight is 560 g/mol. The summed E-state index contributed by atoms with van der Waals surface area (Å²) in [4.78, 5) is 29.2. The molecule has 0 bridgehead atoms. The van der Waals surface area contributed by atoms with Crippen molar-refractivity contribution in [2.75, 3.05) is 37.5 Å². The van der Waals surface area contributed by atoms with E-state index in [1.54, 1.807) is 18.3 Å². The second kappa shape index (κ2) is 10.9. The fourth-order valence-corrected chi connectivity index (χ4v) is 6.13. The molecule has 0 aliphatic carbocycles. The Hall–Kier alpha value is -3.93. The second-order valence-electron chi connectivity index (χ2n) is 9.98. The monoisotopic (exact) mass is 559 g/mol. The summed E-state index contributed by atoms with van der Waals surface area (Å²) in [5.74, 6) is 0.364. The standard InChI is InChI=1S/C29H29N5O5S/c1-34(17-23-9-10-39-23)28-4-2-3-24(33-28)25-8-7-20-15-30-22(14-26(20)32-25)16-31-29(35)19-5-6-21-18-38-11-12-40(36,37)27(21)13-19/h2-8,13-15,23H,9-12,16-18H2,1H3,(H,31,35)/t23-/m0/s1. The summed E-state index contributed by atoms with van der Waals surface area (Å²) in [6.45, 7) is 2.11. The number of rotatable bonds is 7. The fraction of sp³-hybridized carbons (Fsp3) is 0.310. The lowest BCUT2D eigenvalue weighted by atomic mass is 10.1. The normalized spacial score (nSPS) is 17.9. The Morgan fingerprint density at radius 3 is 2.75 bits per heavy atom. The van der Waals surface area contributed by atoms with Gasteiger partial charge in [0.05, 0.1) is 59.1 Å². The molecule has 3 aromatic heterocycles. The number of likely N-dealkylation sites (N-methyl/N-ethyl adjacent to an activating group) is 1. The molecule has 4 aromatic rings. The van der Waals surface area contributed by atoms with Gasteiger partial charge in [0.1, 0.15) is 5.82 Å². The van der Waals surface area contributed by atoms with Gasteiger partial charge >= 0.3 is 0 Å². The third-order valence-corrected chi connectivity index (χ3v) is 8.89. The lowest BCUT2D eigenvalue weighted by Gasteiger charge is -2.31. The van der Waals surface area contributed by atoms with Crippen LogP contribution >= 0.6 is 0 Å². The molecule has 5 heterocycles. The molecule has 6 rings (SSSR count). The number of nitrogens with zero attached hydrogens (tertiary/aromatic N) is 4. The van der Waals surface area contributed by atoms with E-state index >= 15 is 0 Å². The molecule has 0 saturated carbocycles. The molecule has 10 nitrogen and oxygen atoms in total. The molecule has 206 valence electrons. The second-order valence-corrected chi connectivity index (χ2v) is 12.1. The minimum Gasteiger partial charge on any atom is -0.376 e. The Morgan fingerprint density at radius 1 is 1.07 bits per heavy atom. The highest BCUT2D eigenvalue weighted by Crippen LogP contribution is 2.24.